The zero-order valence-corrected chi connectivity index (χ0v) is 12.0. The molecular formula is C16H17N5. The molecule has 3 aromatic rings. The van der Waals surface area contributed by atoms with Crippen molar-refractivity contribution in [2.75, 3.05) is 5.32 Å². The third-order valence-electron chi connectivity index (χ3n) is 4.16. The monoisotopic (exact) mass is 279 g/mol. The molecule has 2 aromatic heterocycles. The van der Waals surface area contributed by atoms with Gasteiger partial charge in [-0.3, -0.25) is 0 Å². The number of aryl methyl sites for hydroxylation is 2. The van der Waals surface area contributed by atoms with Crippen molar-refractivity contribution in [2.24, 2.45) is 7.05 Å². The number of hydrogen-bond donors (Lipinski definition) is 1. The van der Waals surface area contributed by atoms with Gasteiger partial charge in [-0.15, -0.1) is 0 Å². The molecule has 0 aliphatic heterocycles. The molecule has 1 aliphatic carbocycles. The Kier molecular flexibility index (Phi) is 2.84. The van der Waals surface area contributed by atoms with Crippen LogP contribution in [0.1, 0.15) is 17.5 Å². The zero-order valence-electron chi connectivity index (χ0n) is 12.0. The van der Waals surface area contributed by atoms with E-state index in [1.165, 1.54) is 11.1 Å². The summed E-state index contributed by atoms with van der Waals surface area (Å²) in [5.41, 5.74) is 4.59. The fraction of sp³-hybridized carbons (Fsp3) is 0.312. The second-order valence-electron chi connectivity index (χ2n) is 5.61. The van der Waals surface area contributed by atoms with E-state index < -0.39 is 0 Å². The quantitative estimate of drug-likeness (QED) is 0.782. The Morgan fingerprint density at radius 1 is 1.19 bits per heavy atom. The fourth-order valence-electron chi connectivity index (χ4n) is 2.99. The number of aromatic nitrogens is 4. The van der Waals surface area contributed by atoms with Crippen LogP contribution in [-0.4, -0.2) is 25.6 Å². The number of hydrogen-bond acceptors (Lipinski definition) is 4. The first-order valence-corrected chi connectivity index (χ1v) is 7.27. The van der Waals surface area contributed by atoms with Crippen LogP contribution in [0.2, 0.25) is 0 Å². The Hall–Kier alpha value is -2.43. The molecule has 0 amide bonds. The molecule has 5 nitrogen and oxygen atoms in total. The van der Waals surface area contributed by atoms with Crippen LogP contribution in [-0.2, 0) is 19.9 Å². The summed E-state index contributed by atoms with van der Waals surface area (Å²) in [6.45, 7) is 0. The first-order chi connectivity index (χ1) is 10.3. The highest BCUT2D eigenvalue weighted by atomic mass is 15.2. The van der Waals surface area contributed by atoms with Gasteiger partial charge in [0, 0.05) is 13.1 Å². The number of nitrogens with zero attached hydrogens (tertiary/aromatic N) is 4. The molecule has 5 heteroatoms. The van der Waals surface area contributed by atoms with E-state index in [0.717, 1.165) is 30.4 Å². The fourth-order valence-corrected chi connectivity index (χ4v) is 2.99. The van der Waals surface area contributed by atoms with Gasteiger partial charge < -0.3 is 9.88 Å². The van der Waals surface area contributed by atoms with Gasteiger partial charge in [-0.2, -0.15) is 4.98 Å². The topological polar surface area (TPSA) is 55.6 Å². The van der Waals surface area contributed by atoms with Crippen LogP contribution in [0.3, 0.4) is 0 Å². The van der Waals surface area contributed by atoms with Crippen molar-refractivity contribution < 1.29 is 0 Å². The minimum Gasteiger partial charge on any atom is -0.351 e. The van der Waals surface area contributed by atoms with Crippen LogP contribution in [0.5, 0.6) is 0 Å². The maximum atomic E-state index is 4.49. The molecule has 0 radical (unpaired) electrons. The van der Waals surface area contributed by atoms with Crippen molar-refractivity contribution >= 4 is 17.1 Å². The number of rotatable bonds is 2. The van der Waals surface area contributed by atoms with Gasteiger partial charge in [0.15, 0.2) is 5.65 Å². The predicted molar refractivity (Wildman–Crippen MR) is 82.2 cm³/mol. The van der Waals surface area contributed by atoms with Gasteiger partial charge in [0.25, 0.3) is 0 Å². The van der Waals surface area contributed by atoms with Gasteiger partial charge in [-0.1, -0.05) is 24.3 Å². The summed E-state index contributed by atoms with van der Waals surface area (Å²) < 4.78 is 1.93. The third-order valence-corrected chi connectivity index (χ3v) is 4.16. The molecule has 2 heterocycles. The Morgan fingerprint density at radius 2 is 2.05 bits per heavy atom. The highest BCUT2D eigenvalue weighted by molar-refractivity contribution is 5.70. The van der Waals surface area contributed by atoms with Crippen molar-refractivity contribution in [3.05, 3.63) is 47.9 Å². The largest absolute Gasteiger partial charge is 0.351 e. The first kappa shape index (κ1) is 12.3. The summed E-state index contributed by atoms with van der Waals surface area (Å²) in [6, 6.07) is 9.05. The minimum absolute atomic E-state index is 0.390. The molecule has 1 unspecified atom stereocenters. The van der Waals surface area contributed by atoms with E-state index in [0.29, 0.717) is 12.0 Å². The molecule has 0 saturated carbocycles. The van der Waals surface area contributed by atoms with E-state index in [1.807, 2.05) is 17.8 Å². The summed E-state index contributed by atoms with van der Waals surface area (Å²) in [5.74, 6) is 0.672. The number of anilines is 1. The highest BCUT2D eigenvalue weighted by Gasteiger charge is 2.19. The Morgan fingerprint density at radius 3 is 2.95 bits per heavy atom. The minimum atomic E-state index is 0.390. The van der Waals surface area contributed by atoms with Crippen molar-refractivity contribution in [1.82, 2.24) is 19.5 Å². The molecule has 0 saturated heterocycles. The Balaban J connectivity index is 1.55. The van der Waals surface area contributed by atoms with Crippen molar-refractivity contribution in [3.63, 3.8) is 0 Å². The van der Waals surface area contributed by atoms with Gasteiger partial charge in [0.05, 0.1) is 12.5 Å². The summed E-state index contributed by atoms with van der Waals surface area (Å²) in [7, 11) is 1.95. The normalized spacial score (nSPS) is 17.7. The van der Waals surface area contributed by atoms with E-state index in [2.05, 4.69) is 44.5 Å². The lowest BCUT2D eigenvalue weighted by Crippen LogP contribution is -2.28. The van der Waals surface area contributed by atoms with Gasteiger partial charge in [0.2, 0.25) is 5.95 Å². The second-order valence-corrected chi connectivity index (χ2v) is 5.61. The SMILES string of the molecule is Cn1cnc2nc(NC3CCc4ccccc4C3)ncc21. The van der Waals surface area contributed by atoms with Crippen molar-refractivity contribution in [3.8, 4) is 0 Å². The molecule has 0 spiro atoms. The van der Waals surface area contributed by atoms with Gasteiger partial charge >= 0.3 is 0 Å². The molecular weight excluding hydrogens is 262 g/mol. The summed E-state index contributed by atoms with van der Waals surface area (Å²) in [4.78, 5) is 13.2. The lowest BCUT2D eigenvalue weighted by molar-refractivity contribution is 0.606. The van der Waals surface area contributed by atoms with Gasteiger partial charge in [0.1, 0.15) is 5.52 Å². The molecule has 0 bridgehead atoms. The van der Waals surface area contributed by atoms with E-state index >= 15 is 0 Å². The van der Waals surface area contributed by atoms with Crippen LogP contribution < -0.4 is 5.32 Å². The van der Waals surface area contributed by atoms with Crippen LogP contribution >= 0.6 is 0 Å². The van der Waals surface area contributed by atoms with Crippen LogP contribution in [0, 0.1) is 0 Å². The van der Waals surface area contributed by atoms with Crippen molar-refractivity contribution in [1.29, 1.82) is 0 Å². The third kappa shape index (κ3) is 2.24. The van der Waals surface area contributed by atoms with Gasteiger partial charge in [-0.05, 0) is 30.4 Å². The highest BCUT2D eigenvalue weighted by Crippen LogP contribution is 2.23. The van der Waals surface area contributed by atoms with E-state index in [1.54, 1.807) is 6.33 Å². The zero-order chi connectivity index (χ0) is 14.2. The molecule has 1 aromatic carbocycles. The predicted octanol–water partition coefficient (Wildman–Crippen LogP) is 2.33. The van der Waals surface area contributed by atoms with Crippen LogP contribution in [0.25, 0.3) is 11.2 Å². The van der Waals surface area contributed by atoms with Crippen LogP contribution in [0.4, 0.5) is 5.95 Å². The lowest BCUT2D eigenvalue weighted by Gasteiger charge is -2.25. The molecule has 4 rings (SSSR count). The maximum absolute atomic E-state index is 4.49. The molecule has 21 heavy (non-hydrogen) atoms. The molecule has 1 N–H and O–H groups in total. The molecule has 1 atom stereocenters. The average molecular weight is 279 g/mol. The standard InChI is InChI=1S/C16H17N5/c1-21-10-18-15-14(21)9-17-16(20-15)19-13-7-6-11-4-2-3-5-12(11)8-13/h2-5,9-10,13H,6-8H2,1H3,(H,17,19,20). The number of fused-ring (bicyclic) bond motifs is 2. The van der Waals surface area contributed by atoms with E-state index in [9.17, 15) is 0 Å². The number of nitrogens with one attached hydrogen (secondary N) is 1. The molecule has 1 aliphatic rings. The van der Waals surface area contributed by atoms with Gasteiger partial charge in [-0.25, -0.2) is 9.97 Å². The van der Waals surface area contributed by atoms with E-state index in [4.69, 9.17) is 0 Å². The maximum Gasteiger partial charge on any atom is 0.225 e. The average Bonchev–Trinajstić information content (AvgIpc) is 2.88. The lowest BCUT2D eigenvalue weighted by atomic mass is 9.88. The molecule has 106 valence electrons. The summed E-state index contributed by atoms with van der Waals surface area (Å²) in [6.07, 6.45) is 6.84. The first-order valence-electron chi connectivity index (χ1n) is 7.27. The number of benzene rings is 1. The smallest absolute Gasteiger partial charge is 0.225 e. The second kappa shape index (κ2) is 4.84. The van der Waals surface area contributed by atoms with Crippen LogP contribution in [0.15, 0.2) is 36.8 Å². The molecule has 0 fully saturated rings. The number of imidazole rings is 1. The Bertz CT molecular complexity index is 792. The van der Waals surface area contributed by atoms with E-state index in [-0.39, 0.29) is 0 Å². The summed E-state index contributed by atoms with van der Waals surface area (Å²) in [5, 5.41) is 3.45. The summed E-state index contributed by atoms with van der Waals surface area (Å²) >= 11 is 0. The Labute approximate surface area is 123 Å². The van der Waals surface area contributed by atoms with Crippen molar-refractivity contribution in [2.45, 2.75) is 25.3 Å².